The van der Waals surface area contributed by atoms with Gasteiger partial charge >= 0.3 is 0 Å². The van der Waals surface area contributed by atoms with Crippen molar-refractivity contribution in [1.82, 2.24) is 15.0 Å². The molecule has 0 aliphatic carbocycles. The minimum atomic E-state index is -0.844. The number of hydrogen-bond acceptors (Lipinski definition) is 4. The average molecular weight is 431 g/mol. The Balaban J connectivity index is 1.72. The SMILES string of the molecule is C[C@H](C(=O)N/N=C/c1ccccc1Cl)n1c(-c2ccccc2)nc2ccccc2c1=O. The highest BCUT2D eigenvalue weighted by atomic mass is 35.5. The van der Waals surface area contributed by atoms with E-state index >= 15 is 0 Å². The molecule has 4 rings (SSSR count). The van der Waals surface area contributed by atoms with Crippen molar-refractivity contribution in [1.29, 1.82) is 0 Å². The third-order valence-electron chi connectivity index (χ3n) is 4.89. The monoisotopic (exact) mass is 430 g/mol. The maximum Gasteiger partial charge on any atom is 0.263 e. The lowest BCUT2D eigenvalue weighted by atomic mass is 10.1. The molecule has 0 spiro atoms. The summed E-state index contributed by atoms with van der Waals surface area (Å²) in [5.74, 6) is -0.0262. The predicted octanol–water partition coefficient (Wildman–Crippen LogP) is 4.43. The maximum absolute atomic E-state index is 13.3. The molecule has 154 valence electrons. The van der Waals surface area contributed by atoms with Gasteiger partial charge in [-0.25, -0.2) is 10.4 Å². The van der Waals surface area contributed by atoms with Crippen LogP contribution >= 0.6 is 11.6 Å². The zero-order chi connectivity index (χ0) is 21.8. The van der Waals surface area contributed by atoms with Crippen molar-refractivity contribution < 1.29 is 4.79 Å². The molecular weight excluding hydrogens is 412 g/mol. The van der Waals surface area contributed by atoms with Crippen molar-refractivity contribution in [2.24, 2.45) is 5.10 Å². The molecular formula is C24H19ClN4O2. The zero-order valence-corrected chi connectivity index (χ0v) is 17.5. The molecule has 1 heterocycles. The predicted molar refractivity (Wildman–Crippen MR) is 123 cm³/mol. The number of fused-ring (bicyclic) bond motifs is 1. The van der Waals surface area contributed by atoms with Gasteiger partial charge in [0.2, 0.25) is 0 Å². The summed E-state index contributed by atoms with van der Waals surface area (Å²) in [5, 5.41) is 4.97. The van der Waals surface area contributed by atoms with Crippen molar-refractivity contribution in [3.8, 4) is 11.4 Å². The van der Waals surface area contributed by atoms with Crippen molar-refractivity contribution >= 4 is 34.6 Å². The zero-order valence-electron chi connectivity index (χ0n) is 16.7. The van der Waals surface area contributed by atoms with E-state index in [9.17, 15) is 9.59 Å². The van der Waals surface area contributed by atoms with E-state index in [1.165, 1.54) is 10.8 Å². The molecule has 1 N–H and O–H groups in total. The number of nitrogens with zero attached hydrogens (tertiary/aromatic N) is 3. The molecule has 1 atom stereocenters. The van der Waals surface area contributed by atoms with Gasteiger partial charge in [0.1, 0.15) is 11.9 Å². The van der Waals surface area contributed by atoms with E-state index in [0.29, 0.717) is 27.3 Å². The Morgan fingerprint density at radius 3 is 2.48 bits per heavy atom. The molecule has 0 bridgehead atoms. The molecule has 0 unspecified atom stereocenters. The fourth-order valence-electron chi connectivity index (χ4n) is 3.25. The van der Waals surface area contributed by atoms with E-state index in [0.717, 1.165) is 5.56 Å². The van der Waals surface area contributed by atoms with E-state index in [1.54, 1.807) is 37.3 Å². The number of benzene rings is 3. The molecule has 31 heavy (non-hydrogen) atoms. The van der Waals surface area contributed by atoms with Gasteiger partial charge in [0, 0.05) is 16.1 Å². The minimum absolute atomic E-state index is 0.290. The average Bonchev–Trinajstić information content (AvgIpc) is 2.80. The second kappa shape index (κ2) is 8.93. The fraction of sp³-hybridized carbons (Fsp3) is 0.0833. The molecule has 0 aliphatic heterocycles. The van der Waals surface area contributed by atoms with E-state index in [2.05, 4.69) is 15.5 Å². The quantitative estimate of drug-likeness (QED) is 0.376. The van der Waals surface area contributed by atoms with Crippen molar-refractivity contribution in [3.63, 3.8) is 0 Å². The van der Waals surface area contributed by atoms with Crippen LogP contribution in [0.4, 0.5) is 0 Å². The van der Waals surface area contributed by atoms with Crippen LogP contribution in [-0.4, -0.2) is 21.7 Å². The summed E-state index contributed by atoms with van der Waals surface area (Å²) in [4.78, 5) is 30.8. The first kappa shape index (κ1) is 20.5. The fourth-order valence-corrected chi connectivity index (χ4v) is 3.44. The molecule has 1 amide bonds. The van der Waals surface area contributed by atoms with E-state index in [4.69, 9.17) is 11.6 Å². The summed E-state index contributed by atoms with van der Waals surface area (Å²) >= 11 is 6.11. The normalized spacial score (nSPS) is 12.2. The Kier molecular flexibility index (Phi) is 5.91. The Labute approximate surface area is 183 Å². The van der Waals surface area contributed by atoms with E-state index < -0.39 is 11.9 Å². The van der Waals surface area contributed by atoms with Crippen molar-refractivity contribution in [2.45, 2.75) is 13.0 Å². The number of amides is 1. The number of rotatable bonds is 5. The largest absolute Gasteiger partial charge is 0.280 e. The Morgan fingerprint density at radius 1 is 1.03 bits per heavy atom. The highest BCUT2D eigenvalue weighted by Gasteiger charge is 2.22. The van der Waals surface area contributed by atoms with Gasteiger partial charge in [0.15, 0.2) is 0 Å². The lowest BCUT2D eigenvalue weighted by Crippen LogP contribution is -2.35. The van der Waals surface area contributed by atoms with Gasteiger partial charge in [-0.3, -0.25) is 14.2 Å². The Hall–Kier alpha value is -3.77. The van der Waals surface area contributed by atoms with Crippen LogP contribution in [-0.2, 0) is 4.79 Å². The molecule has 7 heteroatoms. The summed E-state index contributed by atoms with van der Waals surface area (Å²) in [6.45, 7) is 1.64. The number of para-hydroxylation sites is 1. The molecule has 1 aromatic heterocycles. The van der Waals surface area contributed by atoms with Gasteiger partial charge in [0.25, 0.3) is 11.5 Å². The number of hydrazone groups is 1. The smallest absolute Gasteiger partial charge is 0.263 e. The molecule has 4 aromatic rings. The summed E-state index contributed by atoms with van der Waals surface area (Å²) in [7, 11) is 0. The minimum Gasteiger partial charge on any atom is -0.280 e. The summed E-state index contributed by atoms with van der Waals surface area (Å²) in [6.07, 6.45) is 1.46. The van der Waals surface area contributed by atoms with Crippen LogP contribution in [0.1, 0.15) is 18.5 Å². The van der Waals surface area contributed by atoms with Crippen LogP contribution in [0.3, 0.4) is 0 Å². The number of aromatic nitrogens is 2. The van der Waals surface area contributed by atoms with Gasteiger partial charge in [-0.1, -0.05) is 72.3 Å². The van der Waals surface area contributed by atoms with E-state index in [1.807, 2.05) is 48.5 Å². The summed E-state index contributed by atoms with van der Waals surface area (Å²) < 4.78 is 1.40. The van der Waals surface area contributed by atoms with E-state index in [-0.39, 0.29) is 5.56 Å². The Bertz CT molecular complexity index is 1330. The number of halogens is 1. The third kappa shape index (κ3) is 4.25. The summed E-state index contributed by atoms with van der Waals surface area (Å²) in [6, 6.07) is 22.7. The molecule has 0 radical (unpaired) electrons. The van der Waals surface area contributed by atoms with Gasteiger partial charge < -0.3 is 0 Å². The standard InChI is InChI=1S/C24H19ClN4O2/c1-16(23(30)28-26-15-18-11-5-7-13-20(18)25)29-22(17-9-3-2-4-10-17)27-21-14-8-6-12-19(21)24(29)31/h2-16H,1H3,(H,28,30)/b26-15+/t16-/m1/s1. The second-order valence-corrected chi connectivity index (χ2v) is 7.33. The number of carbonyl (C=O) groups is 1. The number of nitrogens with one attached hydrogen (secondary N) is 1. The molecule has 0 aliphatic rings. The van der Waals surface area contributed by atoms with Gasteiger partial charge in [0.05, 0.1) is 17.1 Å². The third-order valence-corrected chi connectivity index (χ3v) is 5.23. The number of hydrogen-bond donors (Lipinski definition) is 1. The highest BCUT2D eigenvalue weighted by Crippen LogP contribution is 2.22. The Morgan fingerprint density at radius 2 is 1.71 bits per heavy atom. The molecule has 3 aromatic carbocycles. The van der Waals surface area contributed by atoms with Gasteiger partial charge in [-0.2, -0.15) is 5.10 Å². The summed E-state index contributed by atoms with van der Waals surface area (Å²) in [5.41, 5.74) is 4.19. The lowest BCUT2D eigenvalue weighted by molar-refractivity contribution is -0.123. The second-order valence-electron chi connectivity index (χ2n) is 6.93. The first-order chi connectivity index (χ1) is 15.1. The van der Waals surface area contributed by atoms with Crippen LogP contribution in [0.5, 0.6) is 0 Å². The first-order valence-corrected chi connectivity index (χ1v) is 10.1. The number of carbonyl (C=O) groups excluding carboxylic acids is 1. The molecule has 0 saturated carbocycles. The van der Waals surface area contributed by atoms with Crippen LogP contribution in [0.15, 0.2) is 88.8 Å². The molecule has 6 nitrogen and oxygen atoms in total. The van der Waals surface area contributed by atoms with Crippen LogP contribution in [0.25, 0.3) is 22.3 Å². The van der Waals surface area contributed by atoms with Crippen molar-refractivity contribution in [2.75, 3.05) is 0 Å². The van der Waals surface area contributed by atoms with Crippen LogP contribution in [0.2, 0.25) is 5.02 Å². The van der Waals surface area contributed by atoms with Gasteiger partial charge in [-0.05, 0) is 25.1 Å². The van der Waals surface area contributed by atoms with Crippen LogP contribution in [0, 0.1) is 0 Å². The lowest BCUT2D eigenvalue weighted by Gasteiger charge is -2.18. The first-order valence-electron chi connectivity index (χ1n) is 9.70. The maximum atomic E-state index is 13.3. The topological polar surface area (TPSA) is 76.3 Å². The molecule has 0 saturated heterocycles. The van der Waals surface area contributed by atoms with Gasteiger partial charge in [-0.15, -0.1) is 0 Å². The highest BCUT2D eigenvalue weighted by molar-refractivity contribution is 6.33. The van der Waals surface area contributed by atoms with Crippen LogP contribution < -0.4 is 11.0 Å². The van der Waals surface area contributed by atoms with Crippen molar-refractivity contribution in [3.05, 3.63) is 99.8 Å². The molecule has 0 fully saturated rings.